The Morgan fingerprint density at radius 3 is 2.56 bits per heavy atom. The van der Waals surface area contributed by atoms with E-state index in [9.17, 15) is 4.79 Å². The third-order valence-corrected chi connectivity index (χ3v) is 3.64. The van der Waals surface area contributed by atoms with Crippen LogP contribution in [0.1, 0.15) is 30.3 Å². The third kappa shape index (κ3) is 3.10. The molecule has 18 heavy (non-hydrogen) atoms. The zero-order valence-corrected chi connectivity index (χ0v) is 12.0. The van der Waals surface area contributed by atoms with Crippen LogP contribution in [0.3, 0.4) is 0 Å². The van der Waals surface area contributed by atoms with E-state index in [0.717, 1.165) is 17.8 Å². The van der Waals surface area contributed by atoms with Crippen LogP contribution in [-0.2, 0) is 18.3 Å². The number of hydrogen-bond donors (Lipinski definition) is 1. The number of amides is 1. The van der Waals surface area contributed by atoms with Crippen molar-refractivity contribution in [2.45, 2.75) is 39.7 Å². The second kappa shape index (κ2) is 6.00. The summed E-state index contributed by atoms with van der Waals surface area (Å²) in [6.45, 7) is 6.47. The topological polar surface area (TPSA) is 64.2 Å². The van der Waals surface area contributed by atoms with Crippen molar-refractivity contribution in [2.75, 3.05) is 13.6 Å². The van der Waals surface area contributed by atoms with Gasteiger partial charge in [-0.1, -0.05) is 0 Å². The maximum atomic E-state index is 12.0. The number of carbonyl (C=O) groups is 1. The predicted molar refractivity (Wildman–Crippen MR) is 72.3 cm³/mol. The molecule has 5 nitrogen and oxygen atoms in total. The lowest BCUT2D eigenvalue weighted by Gasteiger charge is -2.23. The molecule has 1 atom stereocenters. The highest BCUT2D eigenvalue weighted by atomic mass is 16.2. The van der Waals surface area contributed by atoms with Gasteiger partial charge in [-0.2, -0.15) is 5.10 Å². The molecule has 0 aliphatic heterocycles. The van der Waals surface area contributed by atoms with E-state index in [1.807, 2.05) is 39.5 Å². The van der Waals surface area contributed by atoms with Crippen molar-refractivity contribution in [3.05, 3.63) is 17.0 Å². The van der Waals surface area contributed by atoms with Gasteiger partial charge in [0.05, 0.1) is 5.69 Å². The minimum absolute atomic E-state index is 0.0913. The van der Waals surface area contributed by atoms with Crippen molar-refractivity contribution in [1.82, 2.24) is 14.7 Å². The molecule has 0 fully saturated rings. The van der Waals surface area contributed by atoms with Crippen molar-refractivity contribution in [3.63, 3.8) is 0 Å². The highest BCUT2D eigenvalue weighted by Gasteiger charge is 2.16. The van der Waals surface area contributed by atoms with Gasteiger partial charge in [0, 0.05) is 38.8 Å². The molecule has 102 valence electrons. The van der Waals surface area contributed by atoms with E-state index in [1.54, 1.807) is 4.90 Å². The molecular weight excluding hydrogens is 228 g/mol. The summed E-state index contributed by atoms with van der Waals surface area (Å²) in [5.74, 6) is 0.135. The van der Waals surface area contributed by atoms with Gasteiger partial charge in [-0.15, -0.1) is 0 Å². The van der Waals surface area contributed by atoms with Crippen LogP contribution in [-0.4, -0.2) is 40.2 Å². The Morgan fingerprint density at radius 1 is 1.50 bits per heavy atom. The minimum Gasteiger partial charge on any atom is -0.342 e. The molecule has 2 N–H and O–H groups in total. The van der Waals surface area contributed by atoms with Crippen LogP contribution in [0, 0.1) is 13.8 Å². The summed E-state index contributed by atoms with van der Waals surface area (Å²) in [7, 11) is 3.74. The number of likely N-dealkylation sites (N-methyl/N-ethyl adjacent to an activating group) is 1. The monoisotopic (exact) mass is 252 g/mol. The highest BCUT2D eigenvalue weighted by molar-refractivity contribution is 5.76. The lowest BCUT2D eigenvalue weighted by molar-refractivity contribution is -0.131. The Hall–Kier alpha value is -1.36. The molecule has 0 saturated carbocycles. The predicted octanol–water partition coefficient (Wildman–Crippen LogP) is 0.775. The van der Waals surface area contributed by atoms with Crippen molar-refractivity contribution in [2.24, 2.45) is 12.8 Å². The van der Waals surface area contributed by atoms with Crippen molar-refractivity contribution in [1.29, 1.82) is 0 Å². The summed E-state index contributed by atoms with van der Waals surface area (Å²) >= 11 is 0. The van der Waals surface area contributed by atoms with Gasteiger partial charge in [0.25, 0.3) is 0 Å². The van der Waals surface area contributed by atoms with Gasteiger partial charge in [0.2, 0.25) is 5.91 Å². The third-order valence-electron chi connectivity index (χ3n) is 3.64. The second-order valence-corrected chi connectivity index (χ2v) is 4.86. The number of aromatic nitrogens is 2. The van der Waals surface area contributed by atoms with Crippen LogP contribution in [0.5, 0.6) is 0 Å². The fourth-order valence-corrected chi connectivity index (χ4v) is 1.99. The number of nitrogens with zero attached hydrogens (tertiary/aromatic N) is 3. The number of nitrogens with two attached hydrogens (primary N) is 1. The first-order chi connectivity index (χ1) is 8.38. The summed E-state index contributed by atoms with van der Waals surface area (Å²) in [5.41, 5.74) is 8.89. The van der Waals surface area contributed by atoms with Crippen molar-refractivity contribution < 1.29 is 4.79 Å². The maximum Gasteiger partial charge on any atom is 0.222 e. The lowest BCUT2D eigenvalue weighted by Crippen LogP contribution is -2.39. The van der Waals surface area contributed by atoms with Crippen LogP contribution in [0.2, 0.25) is 0 Å². The number of carbonyl (C=O) groups excluding carboxylic acids is 1. The van der Waals surface area contributed by atoms with E-state index in [0.29, 0.717) is 13.0 Å². The summed E-state index contributed by atoms with van der Waals surface area (Å²) in [4.78, 5) is 13.7. The van der Waals surface area contributed by atoms with Crippen LogP contribution < -0.4 is 5.73 Å². The molecule has 0 aliphatic carbocycles. The molecule has 0 bridgehead atoms. The van der Waals surface area contributed by atoms with Crippen LogP contribution >= 0.6 is 0 Å². The largest absolute Gasteiger partial charge is 0.342 e. The fourth-order valence-electron chi connectivity index (χ4n) is 1.99. The normalized spacial score (nSPS) is 12.6. The van der Waals surface area contributed by atoms with Gasteiger partial charge in [0.15, 0.2) is 0 Å². The van der Waals surface area contributed by atoms with Crippen LogP contribution in [0.25, 0.3) is 0 Å². The molecule has 1 unspecified atom stereocenters. The first-order valence-corrected chi connectivity index (χ1v) is 6.33. The molecule has 1 heterocycles. The molecule has 1 aromatic rings. The zero-order chi connectivity index (χ0) is 13.9. The van der Waals surface area contributed by atoms with Crippen molar-refractivity contribution in [3.8, 4) is 0 Å². The number of rotatable bonds is 5. The van der Waals surface area contributed by atoms with Gasteiger partial charge >= 0.3 is 0 Å². The first-order valence-electron chi connectivity index (χ1n) is 6.33. The Balaban J connectivity index is 2.63. The quantitative estimate of drug-likeness (QED) is 0.842. The average molecular weight is 252 g/mol. The van der Waals surface area contributed by atoms with E-state index < -0.39 is 0 Å². The standard InChI is InChI=1S/C13H24N4O/c1-9(8-14)16(4)13(18)7-6-12-10(2)15-17(5)11(12)3/h9H,6-8,14H2,1-5H3. The molecule has 1 aromatic heterocycles. The molecule has 1 amide bonds. The molecule has 0 aromatic carbocycles. The Kier molecular flexibility index (Phi) is 4.90. The summed E-state index contributed by atoms with van der Waals surface area (Å²) in [6.07, 6.45) is 1.25. The SMILES string of the molecule is Cc1nn(C)c(C)c1CCC(=O)N(C)C(C)CN. The molecule has 5 heteroatoms. The van der Waals surface area contributed by atoms with E-state index in [-0.39, 0.29) is 11.9 Å². The Morgan fingerprint density at radius 2 is 2.11 bits per heavy atom. The molecule has 1 rings (SSSR count). The second-order valence-electron chi connectivity index (χ2n) is 4.86. The molecule has 0 spiro atoms. The summed E-state index contributed by atoms with van der Waals surface area (Å²) < 4.78 is 1.86. The first kappa shape index (κ1) is 14.7. The summed E-state index contributed by atoms with van der Waals surface area (Å²) in [6, 6.07) is 0.0913. The average Bonchev–Trinajstić information content (AvgIpc) is 2.59. The zero-order valence-electron chi connectivity index (χ0n) is 12.0. The van der Waals surface area contributed by atoms with E-state index >= 15 is 0 Å². The maximum absolute atomic E-state index is 12.0. The smallest absolute Gasteiger partial charge is 0.222 e. The van der Waals surface area contributed by atoms with Gasteiger partial charge in [-0.05, 0) is 32.8 Å². The van der Waals surface area contributed by atoms with Gasteiger partial charge < -0.3 is 10.6 Å². The summed E-state index contributed by atoms with van der Waals surface area (Å²) in [5, 5.41) is 4.36. The highest BCUT2D eigenvalue weighted by Crippen LogP contribution is 2.14. The molecule has 0 saturated heterocycles. The van der Waals surface area contributed by atoms with Gasteiger partial charge in [0.1, 0.15) is 0 Å². The van der Waals surface area contributed by atoms with Crippen LogP contribution in [0.15, 0.2) is 0 Å². The van der Waals surface area contributed by atoms with Crippen molar-refractivity contribution >= 4 is 5.91 Å². The Bertz CT molecular complexity index is 425. The minimum atomic E-state index is 0.0913. The number of hydrogen-bond acceptors (Lipinski definition) is 3. The number of aryl methyl sites for hydroxylation is 2. The molecule has 0 radical (unpaired) electrons. The fraction of sp³-hybridized carbons (Fsp3) is 0.692. The van der Waals surface area contributed by atoms with Crippen LogP contribution in [0.4, 0.5) is 0 Å². The lowest BCUT2D eigenvalue weighted by atomic mass is 10.1. The molecular formula is C13H24N4O. The van der Waals surface area contributed by atoms with Gasteiger partial charge in [-0.3, -0.25) is 9.48 Å². The molecule has 0 aliphatic rings. The van der Waals surface area contributed by atoms with E-state index in [1.165, 1.54) is 5.56 Å². The van der Waals surface area contributed by atoms with E-state index in [4.69, 9.17) is 5.73 Å². The van der Waals surface area contributed by atoms with E-state index in [2.05, 4.69) is 5.10 Å². The Labute approximate surface area is 109 Å². The van der Waals surface area contributed by atoms with Gasteiger partial charge in [-0.25, -0.2) is 0 Å².